The van der Waals surface area contributed by atoms with E-state index in [1.54, 1.807) is 16.3 Å². The minimum Gasteiger partial charge on any atom is -0.335 e. The first-order chi connectivity index (χ1) is 11.0. The molecule has 3 rings (SSSR count). The highest BCUT2D eigenvalue weighted by molar-refractivity contribution is 7.89. The van der Waals surface area contributed by atoms with Crippen LogP contribution in [-0.4, -0.2) is 74.2 Å². The monoisotopic (exact) mass is 357 g/mol. The van der Waals surface area contributed by atoms with Gasteiger partial charge in [-0.1, -0.05) is 6.92 Å². The quantitative estimate of drug-likeness (QED) is 0.815. The Morgan fingerprint density at radius 1 is 1.13 bits per heavy atom. The molecule has 1 aromatic rings. The molecule has 0 bridgehead atoms. The second kappa shape index (κ2) is 6.88. The van der Waals surface area contributed by atoms with Crippen LogP contribution >= 0.6 is 11.3 Å². The van der Waals surface area contributed by atoms with Gasteiger partial charge in [0.05, 0.1) is 0 Å². The highest BCUT2D eigenvalue weighted by atomic mass is 32.2. The molecule has 0 aliphatic carbocycles. The first-order valence-electron chi connectivity index (χ1n) is 8.13. The van der Waals surface area contributed by atoms with Gasteiger partial charge in [0.2, 0.25) is 10.0 Å². The molecular formula is C15H23N3O3S2. The Bertz CT molecular complexity index is 657. The molecule has 2 fully saturated rings. The highest BCUT2D eigenvalue weighted by Crippen LogP contribution is 2.28. The van der Waals surface area contributed by atoms with Crippen LogP contribution in [0.1, 0.15) is 29.4 Å². The zero-order valence-electron chi connectivity index (χ0n) is 13.4. The standard InChI is InChI=1S/C15H23N3O3S2/c1-2-16-8-10-17(11-9-16)15(19)14-13(5-12-22-14)23(20,21)18-6-3-4-7-18/h5,12H,2-4,6-11H2,1H3. The van der Waals surface area contributed by atoms with Gasteiger partial charge in [0.15, 0.2) is 0 Å². The summed E-state index contributed by atoms with van der Waals surface area (Å²) >= 11 is 1.23. The van der Waals surface area contributed by atoms with E-state index >= 15 is 0 Å². The lowest BCUT2D eigenvalue weighted by molar-refractivity contribution is 0.0644. The number of hydrogen-bond acceptors (Lipinski definition) is 5. The van der Waals surface area contributed by atoms with Crippen molar-refractivity contribution in [2.24, 2.45) is 0 Å². The molecule has 23 heavy (non-hydrogen) atoms. The molecule has 0 N–H and O–H groups in total. The van der Waals surface area contributed by atoms with Crippen LogP contribution in [0.5, 0.6) is 0 Å². The molecule has 0 aromatic carbocycles. The molecule has 0 unspecified atom stereocenters. The summed E-state index contributed by atoms with van der Waals surface area (Å²) in [7, 11) is -3.54. The fraction of sp³-hybridized carbons (Fsp3) is 0.667. The first kappa shape index (κ1) is 16.9. The van der Waals surface area contributed by atoms with Crippen LogP contribution in [0.25, 0.3) is 0 Å². The van der Waals surface area contributed by atoms with E-state index in [1.165, 1.54) is 15.6 Å². The van der Waals surface area contributed by atoms with E-state index in [1.807, 2.05) is 0 Å². The summed E-state index contributed by atoms with van der Waals surface area (Å²) in [5.74, 6) is -0.145. The topological polar surface area (TPSA) is 60.9 Å². The number of likely N-dealkylation sites (N-methyl/N-ethyl adjacent to an activating group) is 1. The zero-order chi connectivity index (χ0) is 16.4. The molecule has 6 nitrogen and oxygen atoms in total. The minimum absolute atomic E-state index is 0.145. The van der Waals surface area contributed by atoms with E-state index in [0.29, 0.717) is 31.1 Å². The van der Waals surface area contributed by atoms with Crippen LogP contribution in [0.3, 0.4) is 0 Å². The zero-order valence-corrected chi connectivity index (χ0v) is 15.0. The highest BCUT2D eigenvalue weighted by Gasteiger charge is 2.33. The summed E-state index contributed by atoms with van der Waals surface area (Å²) in [6, 6.07) is 1.58. The Hall–Kier alpha value is -0.960. The fourth-order valence-corrected chi connectivity index (χ4v) is 6.01. The summed E-state index contributed by atoms with van der Waals surface area (Å²) in [6.45, 7) is 7.22. The Morgan fingerprint density at radius 2 is 1.78 bits per heavy atom. The van der Waals surface area contributed by atoms with E-state index in [9.17, 15) is 13.2 Å². The van der Waals surface area contributed by atoms with Crippen LogP contribution in [0.4, 0.5) is 0 Å². The maximum Gasteiger partial charge on any atom is 0.265 e. The summed E-state index contributed by atoms with van der Waals surface area (Å²) in [4.78, 5) is 17.4. The van der Waals surface area contributed by atoms with Crippen molar-refractivity contribution in [3.8, 4) is 0 Å². The Balaban J connectivity index is 1.79. The average molecular weight is 358 g/mol. The van der Waals surface area contributed by atoms with Crippen molar-refractivity contribution in [1.82, 2.24) is 14.1 Å². The molecule has 8 heteroatoms. The molecule has 2 saturated heterocycles. The number of carbonyl (C=O) groups is 1. The van der Waals surface area contributed by atoms with E-state index in [2.05, 4.69) is 11.8 Å². The number of hydrogen-bond donors (Lipinski definition) is 0. The molecule has 3 heterocycles. The van der Waals surface area contributed by atoms with Crippen LogP contribution in [-0.2, 0) is 10.0 Å². The van der Waals surface area contributed by atoms with Gasteiger partial charge >= 0.3 is 0 Å². The number of carbonyl (C=O) groups excluding carboxylic acids is 1. The van der Waals surface area contributed by atoms with Gasteiger partial charge in [0, 0.05) is 39.3 Å². The summed E-state index contributed by atoms with van der Waals surface area (Å²) in [5, 5.41) is 1.71. The van der Waals surface area contributed by atoms with Crippen LogP contribution in [0, 0.1) is 0 Å². The molecule has 1 aromatic heterocycles. The maximum atomic E-state index is 12.8. The molecule has 0 radical (unpaired) electrons. The number of amides is 1. The second-order valence-electron chi connectivity index (χ2n) is 5.95. The number of piperazine rings is 1. The number of sulfonamides is 1. The lowest BCUT2D eigenvalue weighted by Crippen LogP contribution is -2.48. The van der Waals surface area contributed by atoms with Gasteiger partial charge in [-0.05, 0) is 30.8 Å². The van der Waals surface area contributed by atoms with E-state index in [-0.39, 0.29) is 10.8 Å². The third-order valence-corrected chi connectivity index (χ3v) is 7.59. The third-order valence-electron chi connectivity index (χ3n) is 4.61. The minimum atomic E-state index is -3.54. The fourth-order valence-electron chi connectivity index (χ4n) is 3.13. The lowest BCUT2D eigenvalue weighted by atomic mass is 10.3. The Labute approximate surface area is 141 Å². The van der Waals surface area contributed by atoms with Crippen molar-refractivity contribution in [2.75, 3.05) is 45.8 Å². The number of thiophene rings is 1. The lowest BCUT2D eigenvalue weighted by Gasteiger charge is -2.34. The molecule has 2 aliphatic rings. The van der Waals surface area contributed by atoms with Crippen molar-refractivity contribution in [2.45, 2.75) is 24.7 Å². The van der Waals surface area contributed by atoms with E-state index in [0.717, 1.165) is 32.5 Å². The van der Waals surface area contributed by atoms with E-state index < -0.39 is 10.0 Å². The van der Waals surface area contributed by atoms with E-state index in [4.69, 9.17) is 0 Å². The van der Waals surface area contributed by atoms with Gasteiger partial charge in [-0.2, -0.15) is 4.31 Å². The van der Waals surface area contributed by atoms with Gasteiger partial charge in [-0.25, -0.2) is 8.42 Å². The van der Waals surface area contributed by atoms with Crippen molar-refractivity contribution in [3.05, 3.63) is 16.3 Å². The first-order valence-corrected chi connectivity index (χ1v) is 10.5. The van der Waals surface area contributed by atoms with Crippen molar-refractivity contribution >= 4 is 27.3 Å². The third kappa shape index (κ3) is 3.31. The largest absolute Gasteiger partial charge is 0.335 e. The number of rotatable bonds is 4. The van der Waals surface area contributed by atoms with Gasteiger partial charge in [0.1, 0.15) is 9.77 Å². The average Bonchev–Trinajstić information content (AvgIpc) is 3.25. The molecule has 0 saturated carbocycles. The van der Waals surface area contributed by atoms with Crippen molar-refractivity contribution in [3.63, 3.8) is 0 Å². The van der Waals surface area contributed by atoms with Crippen LogP contribution in [0.2, 0.25) is 0 Å². The number of nitrogens with zero attached hydrogens (tertiary/aromatic N) is 3. The van der Waals surface area contributed by atoms with Crippen LogP contribution in [0.15, 0.2) is 16.3 Å². The predicted octanol–water partition coefficient (Wildman–Crippen LogP) is 1.31. The Kier molecular flexibility index (Phi) is 5.05. The summed E-state index contributed by atoms with van der Waals surface area (Å²) in [5.41, 5.74) is 0. The molecule has 1 amide bonds. The molecule has 0 atom stereocenters. The molecule has 128 valence electrons. The van der Waals surface area contributed by atoms with Gasteiger partial charge in [0.25, 0.3) is 5.91 Å². The Morgan fingerprint density at radius 3 is 2.39 bits per heavy atom. The van der Waals surface area contributed by atoms with Crippen LogP contribution < -0.4 is 0 Å². The molecule has 0 spiro atoms. The predicted molar refractivity (Wildman–Crippen MR) is 90.3 cm³/mol. The van der Waals surface area contributed by atoms with Crippen molar-refractivity contribution < 1.29 is 13.2 Å². The van der Waals surface area contributed by atoms with Crippen molar-refractivity contribution in [1.29, 1.82) is 0 Å². The van der Waals surface area contributed by atoms with Gasteiger partial charge in [-0.15, -0.1) is 11.3 Å². The normalized spacial score (nSPS) is 21.0. The molecule has 2 aliphatic heterocycles. The summed E-state index contributed by atoms with van der Waals surface area (Å²) in [6.07, 6.45) is 1.79. The van der Waals surface area contributed by atoms with Gasteiger partial charge in [-0.3, -0.25) is 4.79 Å². The smallest absolute Gasteiger partial charge is 0.265 e. The second-order valence-corrected chi connectivity index (χ2v) is 8.77. The summed E-state index contributed by atoms with van der Waals surface area (Å²) < 4.78 is 27.0. The van der Waals surface area contributed by atoms with Gasteiger partial charge < -0.3 is 9.80 Å². The SMILES string of the molecule is CCN1CCN(C(=O)c2sccc2S(=O)(=O)N2CCCC2)CC1. The molecular weight excluding hydrogens is 334 g/mol. The maximum absolute atomic E-state index is 12.8.